The molecule has 148 valence electrons. The summed E-state index contributed by atoms with van der Waals surface area (Å²) < 4.78 is 13.3. The molecule has 0 spiro atoms. The summed E-state index contributed by atoms with van der Waals surface area (Å²) >= 11 is 1.67. The largest absolute Gasteiger partial charge is 0.496 e. The van der Waals surface area contributed by atoms with Gasteiger partial charge in [0.2, 0.25) is 11.7 Å². The Morgan fingerprint density at radius 1 is 1.14 bits per heavy atom. The molecule has 1 aliphatic rings. The first-order valence-corrected chi connectivity index (χ1v) is 10.8. The van der Waals surface area contributed by atoms with E-state index in [1.165, 1.54) is 37.8 Å². The molecule has 0 bridgehead atoms. The van der Waals surface area contributed by atoms with Gasteiger partial charge in [-0.3, -0.25) is 0 Å². The normalized spacial score (nSPS) is 15.1. The third-order valence-electron chi connectivity index (χ3n) is 5.43. The first-order chi connectivity index (χ1) is 13.7. The number of benzene rings is 1. The number of methoxy groups -OCH3 is 1. The van der Waals surface area contributed by atoms with Crippen molar-refractivity contribution in [1.29, 1.82) is 0 Å². The Morgan fingerprint density at radius 2 is 1.93 bits per heavy atom. The predicted molar refractivity (Wildman–Crippen MR) is 110 cm³/mol. The number of nitrogens with zero attached hydrogens (tertiary/aromatic N) is 4. The molecule has 7 heteroatoms. The molecule has 6 nitrogen and oxygen atoms in total. The number of rotatable bonds is 6. The molecule has 3 aromatic rings. The van der Waals surface area contributed by atoms with Crippen molar-refractivity contribution in [2.45, 2.75) is 62.9 Å². The first-order valence-electron chi connectivity index (χ1n) is 9.81. The van der Waals surface area contributed by atoms with Crippen molar-refractivity contribution in [1.82, 2.24) is 19.7 Å². The third-order valence-corrected chi connectivity index (χ3v) is 6.37. The van der Waals surface area contributed by atoms with Crippen molar-refractivity contribution in [3.05, 3.63) is 41.5 Å². The van der Waals surface area contributed by atoms with Crippen molar-refractivity contribution in [2.24, 2.45) is 0 Å². The van der Waals surface area contributed by atoms with Crippen LogP contribution >= 0.6 is 11.8 Å². The molecule has 2 aromatic heterocycles. The van der Waals surface area contributed by atoms with Gasteiger partial charge in [-0.1, -0.05) is 48.3 Å². The van der Waals surface area contributed by atoms with E-state index >= 15 is 0 Å². The minimum absolute atomic E-state index is 0.552. The highest BCUT2D eigenvalue weighted by Gasteiger charge is 2.22. The second-order valence-electron chi connectivity index (χ2n) is 7.23. The van der Waals surface area contributed by atoms with Crippen LogP contribution in [0.3, 0.4) is 0 Å². The lowest BCUT2D eigenvalue weighted by Gasteiger charge is -2.25. The smallest absolute Gasteiger partial charge is 0.237 e. The highest BCUT2D eigenvalue weighted by Crippen LogP contribution is 2.35. The Kier molecular flexibility index (Phi) is 5.71. The Balaban J connectivity index is 1.51. The van der Waals surface area contributed by atoms with Crippen LogP contribution in [-0.2, 0) is 5.75 Å². The van der Waals surface area contributed by atoms with Gasteiger partial charge in [-0.05, 0) is 38.8 Å². The van der Waals surface area contributed by atoms with Crippen LogP contribution in [0.25, 0.3) is 11.4 Å². The summed E-state index contributed by atoms with van der Waals surface area (Å²) in [6, 6.07) is 8.25. The van der Waals surface area contributed by atoms with Gasteiger partial charge in [-0.15, -0.1) is 0 Å². The van der Waals surface area contributed by atoms with Crippen molar-refractivity contribution in [2.75, 3.05) is 7.11 Å². The standard InChI is InChI=1S/C21H26N4O2S/c1-14-15(2)25(16-9-5-4-6-10-16)21(22-14)28-13-19-23-20(24-27-19)17-11-7-8-12-18(17)26-3/h7-8,11-12,16H,4-6,9-10,13H2,1-3H3. The Labute approximate surface area is 169 Å². The highest BCUT2D eigenvalue weighted by molar-refractivity contribution is 7.98. The Bertz CT molecular complexity index is 944. The van der Waals surface area contributed by atoms with E-state index in [1.54, 1.807) is 18.9 Å². The average Bonchev–Trinajstić information content (AvgIpc) is 3.31. The summed E-state index contributed by atoms with van der Waals surface area (Å²) in [6.45, 7) is 4.26. The summed E-state index contributed by atoms with van der Waals surface area (Å²) in [5.41, 5.74) is 3.21. The van der Waals surface area contributed by atoms with E-state index in [1.807, 2.05) is 24.3 Å². The van der Waals surface area contributed by atoms with E-state index in [9.17, 15) is 0 Å². The summed E-state index contributed by atoms with van der Waals surface area (Å²) in [7, 11) is 1.64. The molecule has 0 atom stereocenters. The zero-order valence-electron chi connectivity index (χ0n) is 16.6. The number of imidazole rings is 1. The second kappa shape index (κ2) is 8.39. The molecule has 1 fully saturated rings. The van der Waals surface area contributed by atoms with Gasteiger partial charge in [0.25, 0.3) is 0 Å². The van der Waals surface area contributed by atoms with Crippen LogP contribution in [0, 0.1) is 13.8 Å². The molecule has 28 heavy (non-hydrogen) atoms. The van der Waals surface area contributed by atoms with Crippen LogP contribution in [0.1, 0.15) is 55.4 Å². The zero-order valence-corrected chi connectivity index (χ0v) is 17.5. The lowest BCUT2D eigenvalue weighted by Crippen LogP contribution is -2.15. The zero-order chi connectivity index (χ0) is 19.5. The fraction of sp³-hybridized carbons (Fsp3) is 0.476. The highest BCUT2D eigenvalue weighted by atomic mass is 32.2. The van der Waals surface area contributed by atoms with Gasteiger partial charge in [0.05, 0.1) is 24.1 Å². The lowest BCUT2D eigenvalue weighted by atomic mass is 9.95. The predicted octanol–water partition coefficient (Wildman–Crippen LogP) is 5.36. The van der Waals surface area contributed by atoms with E-state index in [0.29, 0.717) is 23.5 Å². The van der Waals surface area contributed by atoms with Crippen LogP contribution in [0.2, 0.25) is 0 Å². The number of thioether (sulfide) groups is 1. The van der Waals surface area contributed by atoms with Gasteiger partial charge in [0.1, 0.15) is 5.75 Å². The number of hydrogen-bond donors (Lipinski definition) is 0. The number of ether oxygens (including phenoxy) is 1. The van der Waals surface area contributed by atoms with E-state index in [-0.39, 0.29) is 0 Å². The van der Waals surface area contributed by atoms with Gasteiger partial charge >= 0.3 is 0 Å². The van der Waals surface area contributed by atoms with Crippen LogP contribution in [0.5, 0.6) is 5.75 Å². The number of aryl methyl sites for hydroxylation is 1. The van der Waals surface area contributed by atoms with Gasteiger partial charge < -0.3 is 13.8 Å². The monoisotopic (exact) mass is 398 g/mol. The van der Waals surface area contributed by atoms with Gasteiger partial charge in [-0.25, -0.2) is 4.98 Å². The molecule has 1 saturated carbocycles. The number of aromatic nitrogens is 4. The van der Waals surface area contributed by atoms with E-state index in [4.69, 9.17) is 14.2 Å². The molecule has 4 rings (SSSR count). The van der Waals surface area contributed by atoms with Crippen LogP contribution in [0.15, 0.2) is 33.9 Å². The third kappa shape index (κ3) is 3.81. The molecule has 0 amide bonds. The van der Waals surface area contributed by atoms with E-state index in [2.05, 4.69) is 28.6 Å². The maximum atomic E-state index is 5.49. The van der Waals surface area contributed by atoms with E-state index in [0.717, 1.165) is 22.2 Å². The summed E-state index contributed by atoms with van der Waals surface area (Å²) in [4.78, 5) is 9.37. The first kappa shape index (κ1) is 19.1. The van der Waals surface area contributed by atoms with Gasteiger partial charge in [-0.2, -0.15) is 4.98 Å². The molecular weight excluding hydrogens is 372 g/mol. The molecule has 0 radical (unpaired) electrons. The van der Waals surface area contributed by atoms with Crippen molar-refractivity contribution >= 4 is 11.8 Å². The van der Waals surface area contributed by atoms with Crippen molar-refractivity contribution < 1.29 is 9.26 Å². The number of para-hydroxylation sites is 1. The van der Waals surface area contributed by atoms with E-state index < -0.39 is 0 Å². The number of hydrogen-bond acceptors (Lipinski definition) is 6. The summed E-state index contributed by atoms with van der Waals surface area (Å²) in [6.07, 6.45) is 6.43. The average molecular weight is 399 g/mol. The van der Waals surface area contributed by atoms with Gasteiger partial charge in [0.15, 0.2) is 5.16 Å². The van der Waals surface area contributed by atoms with Crippen molar-refractivity contribution in [3.8, 4) is 17.1 Å². The molecule has 0 saturated heterocycles. The molecular formula is C21H26N4O2S. The molecule has 2 heterocycles. The minimum atomic E-state index is 0.552. The molecule has 0 aliphatic heterocycles. The molecule has 1 aromatic carbocycles. The fourth-order valence-electron chi connectivity index (χ4n) is 3.85. The molecule has 1 aliphatic carbocycles. The van der Waals surface area contributed by atoms with Crippen LogP contribution in [0.4, 0.5) is 0 Å². The molecule has 0 N–H and O–H groups in total. The minimum Gasteiger partial charge on any atom is -0.496 e. The maximum Gasteiger partial charge on any atom is 0.237 e. The van der Waals surface area contributed by atoms with Crippen LogP contribution < -0.4 is 4.74 Å². The maximum absolute atomic E-state index is 5.49. The van der Waals surface area contributed by atoms with Crippen LogP contribution in [-0.4, -0.2) is 26.8 Å². The summed E-state index contributed by atoms with van der Waals surface area (Å²) in [5, 5.41) is 5.19. The Hall–Kier alpha value is -2.28. The van der Waals surface area contributed by atoms with Gasteiger partial charge in [0, 0.05) is 11.7 Å². The summed E-state index contributed by atoms with van der Waals surface area (Å²) in [5.74, 6) is 2.49. The molecule has 0 unspecified atom stereocenters. The lowest BCUT2D eigenvalue weighted by molar-refractivity contribution is 0.332. The fourth-order valence-corrected chi connectivity index (χ4v) is 4.84. The SMILES string of the molecule is COc1ccccc1-c1noc(CSc2nc(C)c(C)n2C2CCCCC2)n1. The quantitative estimate of drug-likeness (QED) is 0.521. The van der Waals surface area contributed by atoms with Crippen molar-refractivity contribution in [3.63, 3.8) is 0 Å². The second-order valence-corrected chi connectivity index (χ2v) is 8.17. The Morgan fingerprint density at radius 3 is 2.71 bits per heavy atom. The topological polar surface area (TPSA) is 66.0 Å².